The predicted octanol–water partition coefficient (Wildman–Crippen LogP) is 0.738. The summed E-state index contributed by atoms with van der Waals surface area (Å²) in [4.78, 5) is 30.5. The second-order valence-electron chi connectivity index (χ2n) is 5.70. The fourth-order valence-electron chi connectivity index (χ4n) is 2.85. The standard InChI is InChI=1S/C15H20N4O2/c16-11-6-7-19(9-11)14(20)3-1-2-10-4-5-12-13(8-10)18-15(21)17-12/h4-5,8,11H,1-3,6-7,9,16H2,(H2,17,18,21)/t11-/m1/s1. The summed E-state index contributed by atoms with van der Waals surface area (Å²) < 4.78 is 0. The van der Waals surface area contributed by atoms with Gasteiger partial charge < -0.3 is 20.6 Å². The van der Waals surface area contributed by atoms with Crippen molar-refractivity contribution in [3.05, 3.63) is 34.2 Å². The average molecular weight is 288 g/mol. The fourth-order valence-corrected chi connectivity index (χ4v) is 2.85. The van der Waals surface area contributed by atoms with Crippen molar-refractivity contribution in [2.75, 3.05) is 13.1 Å². The molecule has 1 fully saturated rings. The third-order valence-corrected chi connectivity index (χ3v) is 4.01. The van der Waals surface area contributed by atoms with E-state index in [9.17, 15) is 9.59 Å². The second kappa shape index (κ2) is 5.73. The number of carbonyl (C=O) groups is 1. The summed E-state index contributed by atoms with van der Waals surface area (Å²) >= 11 is 0. The van der Waals surface area contributed by atoms with Crippen LogP contribution >= 0.6 is 0 Å². The van der Waals surface area contributed by atoms with Crippen LogP contribution < -0.4 is 11.4 Å². The zero-order valence-electron chi connectivity index (χ0n) is 11.9. The lowest BCUT2D eigenvalue weighted by Gasteiger charge is -2.15. The van der Waals surface area contributed by atoms with E-state index < -0.39 is 0 Å². The van der Waals surface area contributed by atoms with Crippen molar-refractivity contribution in [1.82, 2.24) is 14.9 Å². The largest absolute Gasteiger partial charge is 0.341 e. The summed E-state index contributed by atoms with van der Waals surface area (Å²) in [5.41, 5.74) is 8.37. The molecule has 1 aromatic carbocycles. The maximum atomic E-state index is 12.0. The van der Waals surface area contributed by atoms with Crippen molar-refractivity contribution >= 4 is 16.9 Å². The summed E-state index contributed by atoms with van der Waals surface area (Å²) in [5, 5.41) is 0. The molecule has 1 saturated heterocycles. The van der Waals surface area contributed by atoms with Crippen LogP contribution in [0.25, 0.3) is 11.0 Å². The summed E-state index contributed by atoms with van der Waals surface area (Å²) in [6.07, 6.45) is 3.09. The molecule has 2 aromatic rings. The zero-order chi connectivity index (χ0) is 14.8. The molecule has 0 aliphatic carbocycles. The first kappa shape index (κ1) is 13.9. The molecule has 1 aliphatic rings. The van der Waals surface area contributed by atoms with Gasteiger partial charge >= 0.3 is 5.69 Å². The SMILES string of the molecule is N[C@@H]1CCN(C(=O)CCCc2ccc3[nH]c(=O)[nH]c3c2)C1. The van der Waals surface area contributed by atoms with E-state index in [0.717, 1.165) is 42.4 Å². The van der Waals surface area contributed by atoms with Gasteiger partial charge in [-0.3, -0.25) is 4.79 Å². The minimum atomic E-state index is -0.192. The lowest BCUT2D eigenvalue weighted by Crippen LogP contribution is -2.31. The minimum absolute atomic E-state index is 0.141. The number of fused-ring (bicyclic) bond motifs is 1. The van der Waals surface area contributed by atoms with Crippen LogP contribution in [0.1, 0.15) is 24.8 Å². The van der Waals surface area contributed by atoms with Crippen molar-refractivity contribution in [3.8, 4) is 0 Å². The molecule has 6 heteroatoms. The highest BCUT2D eigenvalue weighted by Gasteiger charge is 2.22. The first-order chi connectivity index (χ1) is 10.1. The number of aryl methyl sites for hydroxylation is 1. The quantitative estimate of drug-likeness (QED) is 0.774. The maximum absolute atomic E-state index is 12.0. The lowest BCUT2D eigenvalue weighted by atomic mass is 10.1. The van der Waals surface area contributed by atoms with Crippen molar-refractivity contribution in [2.24, 2.45) is 5.73 Å². The van der Waals surface area contributed by atoms with Crippen LogP contribution in [0.3, 0.4) is 0 Å². The Labute approximate surface area is 122 Å². The third-order valence-electron chi connectivity index (χ3n) is 4.01. The van der Waals surface area contributed by atoms with Gasteiger partial charge in [0.05, 0.1) is 11.0 Å². The molecule has 0 unspecified atom stereocenters. The number of nitrogens with zero attached hydrogens (tertiary/aromatic N) is 1. The summed E-state index contributed by atoms with van der Waals surface area (Å²) in [6.45, 7) is 1.48. The summed E-state index contributed by atoms with van der Waals surface area (Å²) in [5.74, 6) is 0.194. The number of rotatable bonds is 4. The number of amides is 1. The Morgan fingerprint density at radius 1 is 1.33 bits per heavy atom. The van der Waals surface area contributed by atoms with Gasteiger partial charge in [0.1, 0.15) is 0 Å². The highest BCUT2D eigenvalue weighted by Crippen LogP contribution is 2.14. The predicted molar refractivity (Wildman–Crippen MR) is 81.0 cm³/mol. The van der Waals surface area contributed by atoms with Crippen LogP contribution in [0.4, 0.5) is 0 Å². The maximum Gasteiger partial charge on any atom is 0.323 e. The molecule has 112 valence electrons. The molecule has 4 N–H and O–H groups in total. The molecule has 1 aliphatic heterocycles. The van der Waals surface area contributed by atoms with Crippen molar-refractivity contribution in [3.63, 3.8) is 0 Å². The van der Waals surface area contributed by atoms with E-state index in [2.05, 4.69) is 9.97 Å². The normalized spacial score (nSPS) is 18.5. The van der Waals surface area contributed by atoms with Gasteiger partial charge in [0, 0.05) is 25.6 Å². The van der Waals surface area contributed by atoms with Crippen molar-refractivity contribution in [1.29, 1.82) is 0 Å². The third kappa shape index (κ3) is 3.16. The molecule has 2 heterocycles. The van der Waals surface area contributed by atoms with Crippen LogP contribution in [0, 0.1) is 0 Å². The molecule has 0 spiro atoms. The molecule has 1 atom stereocenters. The molecule has 21 heavy (non-hydrogen) atoms. The number of hydrogen-bond acceptors (Lipinski definition) is 3. The molecule has 1 aromatic heterocycles. The van der Waals surface area contributed by atoms with E-state index in [1.807, 2.05) is 23.1 Å². The molecule has 3 rings (SSSR count). The lowest BCUT2D eigenvalue weighted by molar-refractivity contribution is -0.130. The van der Waals surface area contributed by atoms with E-state index in [1.54, 1.807) is 0 Å². The van der Waals surface area contributed by atoms with E-state index in [0.29, 0.717) is 13.0 Å². The van der Waals surface area contributed by atoms with Crippen LogP contribution in [0.15, 0.2) is 23.0 Å². The van der Waals surface area contributed by atoms with Gasteiger partial charge in [0.2, 0.25) is 5.91 Å². The number of carbonyl (C=O) groups excluding carboxylic acids is 1. The molecule has 0 radical (unpaired) electrons. The van der Waals surface area contributed by atoms with Gasteiger partial charge in [-0.1, -0.05) is 6.07 Å². The summed E-state index contributed by atoms with van der Waals surface area (Å²) in [6, 6.07) is 5.98. The van der Waals surface area contributed by atoms with Crippen LogP contribution in [-0.2, 0) is 11.2 Å². The number of H-pyrrole nitrogens is 2. The Hall–Kier alpha value is -2.08. The number of hydrogen-bond donors (Lipinski definition) is 3. The van der Waals surface area contributed by atoms with Crippen molar-refractivity contribution in [2.45, 2.75) is 31.7 Å². The van der Waals surface area contributed by atoms with E-state index in [-0.39, 0.29) is 17.6 Å². The highest BCUT2D eigenvalue weighted by atomic mass is 16.2. The zero-order valence-corrected chi connectivity index (χ0v) is 11.9. The average Bonchev–Trinajstić information content (AvgIpc) is 3.03. The number of benzene rings is 1. The van der Waals surface area contributed by atoms with Gasteiger partial charge in [0.15, 0.2) is 0 Å². The highest BCUT2D eigenvalue weighted by molar-refractivity contribution is 5.77. The molecular weight excluding hydrogens is 268 g/mol. The van der Waals surface area contributed by atoms with Gasteiger partial charge in [-0.25, -0.2) is 4.79 Å². The first-order valence-corrected chi connectivity index (χ1v) is 7.36. The smallest absolute Gasteiger partial charge is 0.323 e. The molecule has 6 nitrogen and oxygen atoms in total. The fraction of sp³-hybridized carbons (Fsp3) is 0.467. The van der Waals surface area contributed by atoms with Gasteiger partial charge in [-0.05, 0) is 37.0 Å². The van der Waals surface area contributed by atoms with Gasteiger partial charge in [0.25, 0.3) is 0 Å². The first-order valence-electron chi connectivity index (χ1n) is 7.36. The topological polar surface area (TPSA) is 95.0 Å². The van der Waals surface area contributed by atoms with Crippen LogP contribution in [0.2, 0.25) is 0 Å². The van der Waals surface area contributed by atoms with Crippen molar-refractivity contribution < 1.29 is 4.79 Å². The Balaban J connectivity index is 1.54. The number of aromatic nitrogens is 2. The molecular formula is C15H20N4O2. The number of nitrogens with one attached hydrogen (secondary N) is 2. The van der Waals surface area contributed by atoms with Crippen LogP contribution in [0.5, 0.6) is 0 Å². The Morgan fingerprint density at radius 2 is 2.14 bits per heavy atom. The molecule has 0 saturated carbocycles. The number of aromatic amines is 2. The Bertz CT molecular complexity index is 703. The Morgan fingerprint density at radius 3 is 2.90 bits per heavy atom. The second-order valence-corrected chi connectivity index (χ2v) is 5.70. The van der Waals surface area contributed by atoms with E-state index in [4.69, 9.17) is 5.73 Å². The van der Waals surface area contributed by atoms with E-state index in [1.165, 1.54) is 0 Å². The monoisotopic (exact) mass is 288 g/mol. The van der Waals surface area contributed by atoms with Gasteiger partial charge in [-0.15, -0.1) is 0 Å². The summed E-state index contributed by atoms with van der Waals surface area (Å²) in [7, 11) is 0. The van der Waals surface area contributed by atoms with Crippen LogP contribution in [-0.4, -0.2) is 39.9 Å². The van der Waals surface area contributed by atoms with Gasteiger partial charge in [-0.2, -0.15) is 0 Å². The number of likely N-dealkylation sites (tertiary alicyclic amines) is 1. The molecule has 1 amide bonds. The van der Waals surface area contributed by atoms with E-state index >= 15 is 0 Å². The number of nitrogens with two attached hydrogens (primary N) is 1. The minimum Gasteiger partial charge on any atom is -0.341 e. The molecule has 0 bridgehead atoms. The Kier molecular flexibility index (Phi) is 3.79. The number of imidazole rings is 1.